The number of ketones is 1. The SMILES string of the molecule is Cc1cccc2c1C(=O)C(C(=O)OC(C)(C)C)(C(F)F)C2. The van der Waals surface area contributed by atoms with E-state index in [4.69, 9.17) is 4.74 Å². The van der Waals surface area contributed by atoms with Crippen molar-refractivity contribution in [2.24, 2.45) is 5.41 Å². The number of halogens is 2. The van der Waals surface area contributed by atoms with E-state index >= 15 is 0 Å². The maximum atomic E-state index is 13.6. The number of hydrogen-bond donors (Lipinski definition) is 0. The second-order valence-electron chi connectivity index (χ2n) is 6.39. The van der Waals surface area contributed by atoms with Crippen LogP contribution in [-0.4, -0.2) is 23.8 Å². The fourth-order valence-electron chi connectivity index (χ4n) is 2.60. The molecule has 0 bridgehead atoms. The predicted molar refractivity (Wildman–Crippen MR) is 73.5 cm³/mol. The van der Waals surface area contributed by atoms with E-state index in [2.05, 4.69) is 0 Å². The quantitative estimate of drug-likeness (QED) is 0.621. The molecule has 114 valence electrons. The molecule has 1 aliphatic rings. The second-order valence-corrected chi connectivity index (χ2v) is 6.39. The van der Waals surface area contributed by atoms with E-state index in [0.29, 0.717) is 11.1 Å². The van der Waals surface area contributed by atoms with Crippen molar-refractivity contribution in [3.63, 3.8) is 0 Å². The average Bonchev–Trinajstić information content (AvgIpc) is 2.63. The number of carbonyl (C=O) groups excluding carboxylic acids is 2. The molecule has 1 aromatic rings. The van der Waals surface area contributed by atoms with Crippen LogP contribution >= 0.6 is 0 Å². The van der Waals surface area contributed by atoms with Gasteiger partial charge in [-0.25, -0.2) is 8.78 Å². The molecule has 21 heavy (non-hydrogen) atoms. The molecule has 0 amide bonds. The van der Waals surface area contributed by atoms with E-state index in [9.17, 15) is 18.4 Å². The van der Waals surface area contributed by atoms with Crippen molar-refractivity contribution in [2.75, 3.05) is 0 Å². The molecule has 3 nitrogen and oxygen atoms in total. The summed E-state index contributed by atoms with van der Waals surface area (Å²) in [6, 6.07) is 4.97. The number of ether oxygens (including phenoxy) is 1. The van der Waals surface area contributed by atoms with Crippen molar-refractivity contribution in [1.29, 1.82) is 0 Å². The molecule has 1 aromatic carbocycles. The van der Waals surface area contributed by atoms with E-state index in [0.717, 1.165) is 0 Å². The fourth-order valence-corrected chi connectivity index (χ4v) is 2.60. The summed E-state index contributed by atoms with van der Waals surface area (Å²) in [4.78, 5) is 24.8. The van der Waals surface area contributed by atoms with Gasteiger partial charge >= 0.3 is 5.97 Å². The Morgan fingerprint density at radius 2 is 1.95 bits per heavy atom. The number of esters is 1. The van der Waals surface area contributed by atoms with Crippen LogP contribution in [0.3, 0.4) is 0 Å². The van der Waals surface area contributed by atoms with Crippen molar-refractivity contribution in [3.8, 4) is 0 Å². The van der Waals surface area contributed by atoms with Gasteiger partial charge < -0.3 is 4.74 Å². The van der Waals surface area contributed by atoms with E-state index in [1.165, 1.54) is 0 Å². The first-order valence-electron chi connectivity index (χ1n) is 6.74. The van der Waals surface area contributed by atoms with Crippen LogP contribution in [0.4, 0.5) is 8.78 Å². The second kappa shape index (κ2) is 4.90. The smallest absolute Gasteiger partial charge is 0.326 e. The molecule has 0 fully saturated rings. The molecule has 1 aliphatic carbocycles. The van der Waals surface area contributed by atoms with Crippen LogP contribution in [0.1, 0.15) is 42.3 Å². The first kappa shape index (κ1) is 15.6. The van der Waals surface area contributed by atoms with Crippen LogP contribution in [0.2, 0.25) is 0 Å². The number of rotatable bonds is 2. The summed E-state index contributed by atoms with van der Waals surface area (Å²) in [5.74, 6) is -1.98. The van der Waals surface area contributed by atoms with Crippen molar-refractivity contribution >= 4 is 11.8 Å². The number of carbonyl (C=O) groups is 2. The summed E-state index contributed by atoms with van der Waals surface area (Å²) in [5.41, 5.74) is -2.04. The third kappa shape index (κ3) is 2.45. The Kier molecular flexibility index (Phi) is 3.64. The number of fused-ring (bicyclic) bond motifs is 1. The number of alkyl halides is 2. The molecule has 1 atom stereocenters. The van der Waals surface area contributed by atoms with Gasteiger partial charge in [-0.05, 0) is 38.8 Å². The first-order valence-corrected chi connectivity index (χ1v) is 6.74. The Hall–Kier alpha value is -1.78. The van der Waals surface area contributed by atoms with E-state index in [1.807, 2.05) is 0 Å². The monoisotopic (exact) mass is 296 g/mol. The highest BCUT2D eigenvalue weighted by Crippen LogP contribution is 2.44. The van der Waals surface area contributed by atoms with Gasteiger partial charge in [-0.2, -0.15) is 0 Å². The largest absolute Gasteiger partial charge is 0.459 e. The molecule has 1 unspecified atom stereocenters. The molecule has 0 saturated heterocycles. The fraction of sp³-hybridized carbons (Fsp3) is 0.500. The maximum Gasteiger partial charge on any atom is 0.326 e. The van der Waals surface area contributed by atoms with E-state index in [-0.39, 0.29) is 12.0 Å². The van der Waals surface area contributed by atoms with Crippen molar-refractivity contribution in [2.45, 2.75) is 46.1 Å². The Balaban J connectivity index is 2.51. The topological polar surface area (TPSA) is 43.4 Å². The van der Waals surface area contributed by atoms with Gasteiger partial charge in [0.2, 0.25) is 0 Å². The van der Waals surface area contributed by atoms with Crippen molar-refractivity contribution < 1.29 is 23.1 Å². The van der Waals surface area contributed by atoms with Gasteiger partial charge in [-0.1, -0.05) is 18.2 Å². The highest BCUT2D eigenvalue weighted by atomic mass is 19.3. The van der Waals surface area contributed by atoms with Gasteiger partial charge in [0.25, 0.3) is 6.43 Å². The van der Waals surface area contributed by atoms with Gasteiger partial charge in [0.05, 0.1) is 0 Å². The summed E-state index contributed by atoms with van der Waals surface area (Å²) in [5, 5.41) is 0. The zero-order valence-electron chi connectivity index (χ0n) is 12.5. The molecule has 0 saturated carbocycles. The summed E-state index contributed by atoms with van der Waals surface area (Å²) >= 11 is 0. The van der Waals surface area contributed by atoms with Gasteiger partial charge in [0.15, 0.2) is 11.2 Å². The lowest BCUT2D eigenvalue weighted by Gasteiger charge is -2.29. The molecule has 5 heteroatoms. The highest BCUT2D eigenvalue weighted by Gasteiger charge is 2.60. The lowest BCUT2D eigenvalue weighted by Crippen LogP contribution is -2.47. The van der Waals surface area contributed by atoms with Gasteiger partial charge in [0, 0.05) is 12.0 Å². The first-order chi connectivity index (χ1) is 9.59. The third-order valence-electron chi connectivity index (χ3n) is 3.60. The molecule has 0 N–H and O–H groups in total. The number of hydrogen-bond acceptors (Lipinski definition) is 3. The molecule has 2 rings (SSSR count). The van der Waals surface area contributed by atoms with Crippen LogP contribution in [0.25, 0.3) is 0 Å². The predicted octanol–water partition coefficient (Wildman–Crippen LogP) is 3.33. The summed E-state index contributed by atoms with van der Waals surface area (Å²) in [7, 11) is 0. The molecule has 0 aromatic heterocycles. The van der Waals surface area contributed by atoms with Gasteiger partial charge in [-0.3, -0.25) is 9.59 Å². The van der Waals surface area contributed by atoms with Crippen molar-refractivity contribution in [1.82, 2.24) is 0 Å². The summed E-state index contributed by atoms with van der Waals surface area (Å²) < 4.78 is 32.4. The Morgan fingerprint density at radius 3 is 2.43 bits per heavy atom. The molecule has 0 aliphatic heterocycles. The summed E-state index contributed by atoms with van der Waals surface area (Å²) in [6.45, 7) is 6.43. The highest BCUT2D eigenvalue weighted by molar-refractivity contribution is 6.17. The van der Waals surface area contributed by atoms with E-state index < -0.39 is 29.2 Å². The number of Topliss-reactive ketones (excluding diaryl/α,β-unsaturated/α-hetero) is 1. The molecule has 0 heterocycles. The number of benzene rings is 1. The van der Waals surface area contributed by atoms with Gasteiger partial charge in [0.1, 0.15) is 5.60 Å². The third-order valence-corrected chi connectivity index (χ3v) is 3.60. The molecular formula is C16H18F2O3. The molecular weight excluding hydrogens is 278 g/mol. The minimum atomic E-state index is -3.10. The minimum absolute atomic E-state index is 0.226. The molecule has 0 radical (unpaired) electrons. The van der Waals surface area contributed by atoms with Crippen LogP contribution in [0.5, 0.6) is 0 Å². The van der Waals surface area contributed by atoms with Gasteiger partial charge in [-0.15, -0.1) is 0 Å². The lowest BCUT2D eigenvalue weighted by molar-refractivity contribution is -0.171. The minimum Gasteiger partial charge on any atom is -0.459 e. The van der Waals surface area contributed by atoms with Crippen LogP contribution < -0.4 is 0 Å². The van der Waals surface area contributed by atoms with E-state index in [1.54, 1.807) is 45.9 Å². The van der Waals surface area contributed by atoms with Crippen molar-refractivity contribution in [3.05, 3.63) is 34.9 Å². The standard InChI is InChI=1S/C16H18F2O3/c1-9-6-5-7-10-8-16(13(17)18,12(19)11(9)10)14(20)21-15(2,3)4/h5-7,13H,8H2,1-4H3. The Labute approximate surface area is 122 Å². The maximum absolute atomic E-state index is 13.6. The normalized spacial score (nSPS) is 21.6. The zero-order valence-corrected chi connectivity index (χ0v) is 12.5. The average molecular weight is 296 g/mol. The van der Waals surface area contributed by atoms with Crippen LogP contribution in [0, 0.1) is 12.3 Å². The lowest BCUT2D eigenvalue weighted by atomic mass is 9.83. The Morgan fingerprint density at radius 1 is 1.33 bits per heavy atom. The number of aryl methyl sites for hydroxylation is 1. The summed E-state index contributed by atoms with van der Waals surface area (Å²) in [6.07, 6.45) is -3.42. The van der Waals surface area contributed by atoms with Crippen LogP contribution in [0.15, 0.2) is 18.2 Å². The Bertz CT molecular complexity index is 602. The zero-order chi connectivity index (χ0) is 16.0. The van der Waals surface area contributed by atoms with Crippen LogP contribution in [-0.2, 0) is 16.0 Å². The molecule has 0 spiro atoms.